The summed E-state index contributed by atoms with van der Waals surface area (Å²) in [7, 11) is 0. The fourth-order valence-electron chi connectivity index (χ4n) is 0.757. The van der Waals surface area contributed by atoms with Gasteiger partial charge >= 0.3 is 51.4 Å². The van der Waals surface area contributed by atoms with Crippen LogP contribution in [0.5, 0.6) is 5.88 Å². The Hall–Kier alpha value is 0.0564. The zero-order valence-electron chi connectivity index (χ0n) is 7.61. The first-order valence-corrected chi connectivity index (χ1v) is 3.55. The number of ether oxygens (including phenoxy) is 1. The van der Waals surface area contributed by atoms with Gasteiger partial charge in [-0.05, 0) is 13.0 Å². The molecule has 5 heteroatoms. The number of carboxylic acid groups (broad SMARTS) is 1. The summed E-state index contributed by atoms with van der Waals surface area (Å²) in [6, 6.07) is 4.51. The molecule has 0 aliphatic rings. The van der Waals surface area contributed by atoms with Crippen LogP contribution >= 0.6 is 0 Å². The molecular weight excluding hydrogens is 197 g/mol. The molecule has 64 valence electrons. The fourth-order valence-corrected chi connectivity index (χ4v) is 0.757. The fraction of sp³-hybridized carbons (Fsp3) is 0.250. The van der Waals surface area contributed by atoms with Crippen molar-refractivity contribution in [2.75, 3.05) is 6.61 Å². The molecular formula is C8H8KNO3. The topological polar surface area (TPSA) is 62.2 Å². The molecule has 0 N–H and O–H groups in total. The van der Waals surface area contributed by atoms with E-state index < -0.39 is 5.97 Å². The number of carbonyl (C=O) groups is 1. The van der Waals surface area contributed by atoms with Crippen molar-refractivity contribution in [3.63, 3.8) is 0 Å². The van der Waals surface area contributed by atoms with Crippen LogP contribution in [-0.4, -0.2) is 17.6 Å². The quantitative estimate of drug-likeness (QED) is 0.489. The zero-order valence-corrected chi connectivity index (χ0v) is 10.7. The van der Waals surface area contributed by atoms with Crippen molar-refractivity contribution < 1.29 is 66.0 Å². The molecule has 1 aromatic heterocycles. The molecule has 1 rings (SSSR count). The second-order valence-electron chi connectivity index (χ2n) is 2.08. The van der Waals surface area contributed by atoms with Gasteiger partial charge in [-0.2, -0.15) is 0 Å². The number of carboxylic acids is 1. The monoisotopic (exact) mass is 205 g/mol. The van der Waals surface area contributed by atoms with Gasteiger partial charge in [-0.15, -0.1) is 0 Å². The number of aromatic nitrogens is 1. The molecule has 0 fully saturated rings. The summed E-state index contributed by atoms with van der Waals surface area (Å²) in [5, 5.41) is 10.3. The number of nitrogens with zero attached hydrogens (tertiary/aromatic N) is 1. The maximum atomic E-state index is 10.3. The third-order valence-electron chi connectivity index (χ3n) is 1.22. The van der Waals surface area contributed by atoms with Gasteiger partial charge in [-0.25, -0.2) is 4.98 Å². The van der Waals surface area contributed by atoms with Crippen LogP contribution in [-0.2, 0) is 0 Å². The van der Waals surface area contributed by atoms with E-state index in [1.54, 1.807) is 19.1 Å². The molecule has 0 spiro atoms. The van der Waals surface area contributed by atoms with Crippen molar-refractivity contribution >= 4 is 5.97 Å². The summed E-state index contributed by atoms with van der Waals surface area (Å²) in [6.45, 7) is 2.26. The maximum absolute atomic E-state index is 10.3. The Morgan fingerprint density at radius 3 is 2.85 bits per heavy atom. The molecule has 0 atom stereocenters. The average molecular weight is 205 g/mol. The van der Waals surface area contributed by atoms with Gasteiger partial charge in [0.05, 0.1) is 18.3 Å². The molecule has 0 aliphatic carbocycles. The first kappa shape index (κ1) is 13.1. The van der Waals surface area contributed by atoms with Crippen LogP contribution in [0.25, 0.3) is 0 Å². The molecule has 0 bridgehead atoms. The summed E-state index contributed by atoms with van der Waals surface area (Å²) in [5.41, 5.74) is -0.110. The molecule has 0 amide bonds. The zero-order chi connectivity index (χ0) is 8.97. The van der Waals surface area contributed by atoms with Crippen molar-refractivity contribution in [1.29, 1.82) is 0 Å². The number of rotatable bonds is 3. The third-order valence-corrected chi connectivity index (χ3v) is 1.22. The minimum atomic E-state index is -1.29. The normalized spacial score (nSPS) is 8.69. The summed E-state index contributed by atoms with van der Waals surface area (Å²) in [6.07, 6.45) is 0. The van der Waals surface area contributed by atoms with Crippen LogP contribution in [0, 0.1) is 0 Å². The molecule has 0 aromatic carbocycles. The molecule has 13 heavy (non-hydrogen) atoms. The van der Waals surface area contributed by atoms with Crippen molar-refractivity contribution in [2.24, 2.45) is 0 Å². The van der Waals surface area contributed by atoms with E-state index in [0.717, 1.165) is 0 Å². The second-order valence-corrected chi connectivity index (χ2v) is 2.08. The molecule has 0 saturated carbocycles. The van der Waals surface area contributed by atoms with E-state index in [2.05, 4.69) is 4.98 Å². The van der Waals surface area contributed by atoms with E-state index >= 15 is 0 Å². The largest absolute Gasteiger partial charge is 1.00 e. The first-order valence-electron chi connectivity index (χ1n) is 3.55. The van der Waals surface area contributed by atoms with Crippen LogP contribution in [0.15, 0.2) is 18.2 Å². The summed E-state index contributed by atoms with van der Waals surface area (Å²) in [4.78, 5) is 14.0. The number of hydrogen-bond acceptors (Lipinski definition) is 4. The molecule has 0 aliphatic heterocycles. The maximum Gasteiger partial charge on any atom is 1.00 e. The van der Waals surface area contributed by atoms with Gasteiger partial charge in [0.15, 0.2) is 0 Å². The number of pyridine rings is 1. The van der Waals surface area contributed by atoms with Crippen LogP contribution in [0.4, 0.5) is 0 Å². The number of carbonyl (C=O) groups excluding carboxylic acids is 1. The van der Waals surface area contributed by atoms with Crippen LogP contribution in [0.2, 0.25) is 0 Å². The predicted octanol–water partition coefficient (Wildman–Crippen LogP) is -3.15. The van der Waals surface area contributed by atoms with E-state index in [0.29, 0.717) is 12.5 Å². The molecule has 1 heterocycles. The van der Waals surface area contributed by atoms with Gasteiger partial charge < -0.3 is 14.6 Å². The summed E-state index contributed by atoms with van der Waals surface area (Å²) in [5.74, 6) is -0.990. The van der Waals surface area contributed by atoms with Crippen molar-refractivity contribution in [3.8, 4) is 5.88 Å². The summed E-state index contributed by atoms with van der Waals surface area (Å²) >= 11 is 0. The minimum absolute atomic E-state index is 0. The summed E-state index contributed by atoms with van der Waals surface area (Å²) < 4.78 is 4.99. The van der Waals surface area contributed by atoms with E-state index in [-0.39, 0.29) is 57.1 Å². The minimum Gasteiger partial charge on any atom is -0.543 e. The Bertz CT molecular complexity index is 290. The van der Waals surface area contributed by atoms with Gasteiger partial charge in [0.1, 0.15) is 0 Å². The molecule has 1 aromatic rings. The van der Waals surface area contributed by atoms with Gasteiger partial charge in [-0.1, -0.05) is 6.07 Å². The van der Waals surface area contributed by atoms with Crippen molar-refractivity contribution in [3.05, 3.63) is 23.9 Å². The Morgan fingerprint density at radius 1 is 1.62 bits per heavy atom. The Labute approximate surface area is 119 Å². The van der Waals surface area contributed by atoms with Crippen LogP contribution in [0.1, 0.15) is 17.4 Å². The molecule has 4 nitrogen and oxygen atoms in total. The molecule has 0 radical (unpaired) electrons. The van der Waals surface area contributed by atoms with E-state index in [4.69, 9.17) is 4.74 Å². The third kappa shape index (κ3) is 4.19. The van der Waals surface area contributed by atoms with Gasteiger partial charge in [0, 0.05) is 6.07 Å². The van der Waals surface area contributed by atoms with E-state index in [9.17, 15) is 9.90 Å². The average Bonchev–Trinajstić information content (AvgIpc) is 2.05. The van der Waals surface area contributed by atoms with Gasteiger partial charge in [0.25, 0.3) is 0 Å². The Morgan fingerprint density at radius 2 is 2.31 bits per heavy atom. The molecule has 0 saturated heterocycles. The first-order chi connectivity index (χ1) is 5.74. The van der Waals surface area contributed by atoms with Gasteiger partial charge in [-0.3, -0.25) is 0 Å². The standard InChI is InChI=1S/C8H9NO3.K/c1-2-12-7-5-3-4-6(9-7)8(10)11;/h3-5H,2H2,1H3,(H,10,11);/q;+1/p-1. The second kappa shape index (κ2) is 6.50. The van der Waals surface area contributed by atoms with Crippen molar-refractivity contribution in [2.45, 2.75) is 6.92 Å². The van der Waals surface area contributed by atoms with E-state index in [1.807, 2.05) is 0 Å². The molecule has 0 unspecified atom stereocenters. The van der Waals surface area contributed by atoms with Crippen LogP contribution < -0.4 is 61.2 Å². The van der Waals surface area contributed by atoms with Crippen molar-refractivity contribution in [1.82, 2.24) is 4.98 Å². The Balaban J connectivity index is 0.00000144. The van der Waals surface area contributed by atoms with Gasteiger partial charge in [0.2, 0.25) is 5.88 Å². The van der Waals surface area contributed by atoms with Crippen LogP contribution in [0.3, 0.4) is 0 Å². The number of hydrogen-bond donors (Lipinski definition) is 0. The predicted molar refractivity (Wildman–Crippen MR) is 39.7 cm³/mol. The number of aromatic carboxylic acids is 1. The SMILES string of the molecule is CCOc1cccc(C(=O)[O-])n1.[K+]. The smallest absolute Gasteiger partial charge is 0.543 e. The van der Waals surface area contributed by atoms with E-state index in [1.165, 1.54) is 6.07 Å². The Kier molecular flexibility index (Phi) is 6.53.